The molecule has 3 rings (SSSR count). The van der Waals surface area contributed by atoms with Crippen molar-refractivity contribution in [1.82, 2.24) is 0 Å². The molecule has 0 bridgehead atoms. The van der Waals surface area contributed by atoms with Crippen LogP contribution in [0.5, 0.6) is 5.75 Å². The highest BCUT2D eigenvalue weighted by Crippen LogP contribution is 2.37. The summed E-state index contributed by atoms with van der Waals surface area (Å²) >= 11 is 1.69. The molecule has 0 amide bonds. The first-order chi connectivity index (χ1) is 12.1. The van der Waals surface area contributed by atoms with Crippen molar-refractivity contribution in [3.63, 3.8) is 0 Å². The van der Waals surface area contributed by atoms with Gasteiger partial charge in [-0.3, -0.25) is 0 Å². The van der Waals surface area contributed by atoms with E-state index in [-0.39, 0.29) is 18.1 Å². The number of hydrogen-bond acceptors (Lipinski definition) is 5. The quantitative estimate of drug-likeness (QED) is 0.590. The van der Waals surface area contributed by atoms with E-state index in [1.54, 1.807) is 24.9 Å². The van der Waals surface area contributed by atoms with Crippen molar-refractivity contribution in [2.45, 2.75) is 56.1 Å². The predicted molar refractivity (Wildman–Crippen MR) is 102 cm³/mol. The minimum atomic E-state index is -0.218. The van der Waals surface area contributed by atoms with Crippen LogP contribution in [0.3, 0.4) is 0 Å². The van der Waals surface area contributed by atoms with Gasteiger partial charge in [-0.2, -0.15) is 0 Å². The molecule has 0 spiro atoms. The largest absolute Gasteiger partial charge is 0.497 e. The fraction of sp³-hybridized carbons (Fsp3) is 0.550. The van der Waals surface area contributed by atoms with E-state index in [9.17, 15) is 4.79 Å². The van der Waals surface area contributed by atoms with Gasteiger partial charge in [0.25, 0.3) is 0 Å². The number of cyclic esters (lactones) is 1. The molecule has 1 heterocycles. The summed E-state index contributed by atoms with van der Waals surface area (Å²) < 4.78 is 11.0. The molecule has 0 unspecified atom stereocenters. The van der Waals surface area contributed by atoms with Crippen LogP contribution in [-0.2, 0) is 9.53 Å². The average molecular weight is 362 g/mol. The number of methoxy groups -OCH3 is 1. The van der Waals surface area contributed by atoms with E-state index in [0.717, 1.165) is 21.9 Å². The van der Waals surface area contributed by atoms with Crippen molar-refractivity contribution in [2.75, 3.05) is 18.7 Å². The molecule has 5 heteroatoms. The van der Waals surface area contributed by atoms with Crippen LogP contribution in [0.4, 0.5) is 5.69 Å². The molecule has 1 aromatic rings. The number of nitrogens with one attached hydrogen (secondary N) is 1. The Kier molecular flexibility index (Phi) is 5.94. The summed E-state index contributed by atoms with van der Waals surface area (Å²) in [6.07, 6.45) is 9.71. The maximum absolute atomic E-state index is 11.8. The lowest BCUT2D eigenvalue weighted by atomic mass is 9.80. The van der Waals surface area contributed by atoms with Gasteiger partial charge in [0.1, 0.15) is 11.9 Å². The van der Waals surface area contributed by atoms with Crippen LogP contribution in [0.1, 0.15) is 39.0 Å². The van der Waals surface area contributed by atoms with E-state index in [0.29, 0.717) is 5.92 Å². The van der Waals surface area contributed by atoms with Crippen molar-refractivity contribution in [1.29, 1.82) is 0 Å². The van der Waals surface area contributed by atoms with Gasteiger partial charge < -0.3 is 14.8 Å². The van der Waals surface area contributed by atoms with Gasteiger partial charge in [0.05, 0.1) is 13.2 Å². The van der Waals surface area contributed by atoms with E-state index >= 15 is 0 Å². The standard InChI is InChI=1S/C20H27NO3S/c1-13-11-18(22)24-20(13)19(14-7-5-4-6-8-14)21-16-10-9-15(23-2)12-17(16)25-3/h9-12,14,19-21H,4-8H2,1-3H3/t19-,20+/m0/s1. The van der Waals surface area contributed by atoms with Gasteiger partial charge >= 0.3 is 5.97 Å². The lowest BCUT2D eigenvalue weighted by Crippen LogP contribution is -2.42. The predicted octanol–water partition coefficient (Wildman–Crippen LogP) is 4.65. The highest BCUT2D eigenvalue weighted by atomic mass is 32.2. The Bertz CT molecular complexity index is 652. The van der Waals surface area contributed by atoms with Gasteiger partial charge in [0, 0.05) is 16.7 Å². The van der Waals surface area contributed by atoms with Crippen molar-refractivity contribution in [3.8, 4) is 5.75 Å². The van der Waals surface area contributed by atoms with Crippen LogP contribution in [0, 0.1) is 5.92 Å². The molecular weight excluding hydrogens is 334 g/mol. The highest BCUT2D eigenvalue weighted by Gasteiger charge is 2.37. The number of hydrogen-bond donors (Lipinski definition) is 1. The zero-order chi connectivity index (χ0) is 17.8. The zero-order valence-corrected chi connectivity index (χ0v) is 16.0. The fourth-order valence-electron chi connectivity index (χ4n) is 3.91. The van der Waals surface area contributed by atoms with Gasteiger partial charge in [-0.25, -0.2) is 4.79 Å². The monoisotopic (exact) mass is 361 g/mol. The van der Waals surface area contributed by atoms with Crippen LogP contribution >= 0.6 is 11.8 Å². The second-order valence-electron chi connectivity index (χ2n) is 6.88. The van der Waals surface area contributed by atoms with Crippen molar-refractivity contribution >= 4 is 23.4 Å². The molecule has 0 radical (unpaired) electrons. The Hall–Kier alpha value is -1.62. The molecule has 1 fully saturated rings. The summed E-state index contributed by atoms with van der Waals surface area (Å²) in [5.74, 6) is 1.15. The summed E-state index contributed by atoms with van der Waals surface area (Å²) in [7, 11) is 1.68. The van der Waals surface area contributed by atoms with E-state index in [2.05, 4.69) is 17.6 Å². The Balaban J connectivity index is 1.87. The molecule has 0 aromatic heterocycles. The second kappa shape index (κ2) is 8.17. The minimum Gasteiger partial charge on any atom is -0.497 e. The summed E-state index contributed by atoms with van der Waals surface area (Å²) in [5.41, 5.74) is 2.10. The first kappa shape index (κ1) is 18.2. The van der Waals surface area contributed by atoms with Crippen LogP contribution < -0.4 is 10.1 Å². The normalized spacial score (nSPS) is 22.3. The van der Waals surface area contributed by atoms with Crippen LogP contribution in [-0.4, -0.2) is 31.5 Å². The maximum atomic E-state index is 11.8. The minimum absolute atomic E-state index is 0.113. The van der Waals surface area contributed by atoms with E-state index in [1.807, 2.05) is 19.1 Å². The SMILES string of the molecule is COc1ccc(N[C@@H](C2CCCCC2)[C@@H]2OC(=O)C=C2C)c(SC)c1. The number of esters is 1. The first-order valence-electron chi connectivity index (χ1n) is 8.99. The summed E-state index contributed by atoms with van der Waals surface area (Å²) in [5, 5.41) is 3.72. The van der Waals surface area contributed by atoms with Crippen LogP contribution in [0.15, 0.2) is 34.7 Å². The lowest BCUT2D eigenvalue weighted by molar-refractivity contribution is -0.139. The van der Waals surface area contributed by atoms with Crippen molar-refractivity contribution < 1.29 is 14.3 Å². The number of carbonyl (C=O) groups is 1. The molecule has 1 aliphatic carbocycles. The van der Waals surface area contributed by atoms with Gasteiger partial charge in [-0.05, 0) is 55.7 Å². The molecular formula is C20H27NO3S. The van der Waals surface area contributed by atoms with Gasteiger partial charge in [-0.15, -0.1) is 11.8 Å². The third-order valence-corrected chi connectivity index (χ3v) is 6.03. The second-order valence-corrected chi connectivity index (χ2v) is 7.73. The lowest BCUT2D eigenvalue weighted by Gasteiger charge is -2.35. The maximum Gasteiger partial charge on any atom is 0.331 e. The average Bonchev–Trinajstić information content (AvgIpc) is 2.98. The molecule has 136 valence electrons. The molecule has 1 aromatic carbocycles. The van der Waals surface area contributed by atoms with Gasteiger partial charge in [0.15, 0.2) is 0 Å². The summed E-state index contributed by atoms with van der Waals surface area (Å²) in [4.78, 5) is 12.9. The number of ether oxygens (including phenoxy) is 2. The molecule has 1 aliphatic heterocycles. The van der Waals surface area contributed by atoms with E-state index in [1.165, 1.54) is 32.1 Å². The Morgan fingerprint density at radius 1 is 1.28 bits per heavy atom. The number of carbonyl (C=O) groups excluding carboxylic acids is 1. The highest BCUT2D eigenvalue weighted by molar-refractivity contribution is 7.98. The molecule has 0 saturated heterocycles. The number of thioether (sulfide) groups is 1. The zero-order valence-electron chi connectivity index (χ0n) is 15.2. The Morgan fingerprint density at radius 3 is 2.64 bits per heavy atom. The number of anilines is 1. The molecule has 25 heavy (non-hydrogen) atoms. The van der Waals surface area contributed by atoms with E-state index in [4.69, 9.17) is 9.47 Å². The van der Waals surface area contributed by atoms with Crippen molar-refractivity contribution in [3.05, 3.63) is 29.8 Å². The van der Waals surface area contributed by atoms with E-state index < -0.39 is 0 Å². The van der Waals surface area contributed by atoms with Gasteiger partial charge in [0.2, 0.25) is 0 Å². The third kappa shape index (κ3) is 4.14. The molecule has 2 atom stereocenters. The van der Waals surface area contributed by atoms with Crippen LogP contribution in [0.25, 0.3) is 0 Å². The number of rotatable bonds is 6. The fourth-order valence-corrected chi connectivity index (χ4v) is 4.49. The van der Waals surface area contributed by atoms with Gasteiger partial charge in [-0.1, -0.05) is 19.3 Å². The topological polar surface area (TPSA) is 47.6 Å². The van der Waals surface area contributed by atoms with Crippen molar-refractivity contribution in [2.24, 2.45) is 5.92 Å². The summed E-state index contributed by atoms with van der Waals surface area (Å²) in [6, 6.07) is 6.20. The molecule has 1 N–H and O–H groups in total. The Labute approximate surface area is 154 Å². The number of benzene rings is 1. The molecule has 2 aliphatic rings. The van der Waals surface area contributed by atoms with Crippen LogP contribution in [0.2, 0.25) is 0 Å². The first-order valence-corrected chi connectivity index (χ1v) is 10.2. The molecule has 1 saturated carbocycles. The molecule has 4 nitrogen and oxygen atoms in total. The summed E-state index contributed by atoms with van der Waals surface area (Å²) in [6.45, 7) is 2.00. The Morgan fingerprint density at radius 2 is 2.04 bits per heavy atom. The third-order valence-electron chi connectivity index (χ3n) is 5.25. The smallest absolute Gasteiger partial charge is 0.331 e.